The molecule has 0 atom stereocenters. The number of amides is 2. The third kappa shape index (κ3) is 5.04. The number of halogens is 1. The molecule has 1 aromatic heterocycles. The lowest BCUT2D eigenvalue weighted by Gasteiger charge is -2.13. The Labute approximate surface area is 189 Å². The van der Waals surface area contributed by atoms with Crippen molar-refractivity contribution >= 4 is 28.3 Å². The zero-order valence-electron chi connectivity index (χ0n) is 17.9. The normalized spacial score (nSPS) is 10.4. The molecule has 3 N–H and O–H groups in total. The maximum Gasteiger partial charge on any atom is 0.337 e. The van der Waals surface area contributed by atoms with E-state index in [0.717, 1.165) is 0 Å². The standard InChI is InChI=1S/C24H21FN4O4/c1-31-22-13-17-20(14-23(22)32-2)26-11-10-21(17)33-16-8-9-19(18(25)12-16)27-24(30)29-28-15-6-4-3-5-7-15/h3-14,28H,1-2H3,(H2,27,29,30). The van der Waals surface area contributed by atoms with Gasteiger partial charge in [0.1, 0.15) is 17.3 Å². The number of rotatable bonds is 7. The largest absolute Gasteiger partial charge is 0.493 e. The number of pyridine rings is 1. The van der Waals surface area contributed by atoms with E-state index in [1.54, 1.807) is 49.7 Å². The van der Waals surface area contributed by atoms with Gasteiger partial charge in [-0.15, -0.1) is 0 Å². The number of hydrogen-bond acceptors (Lipinski definition) is 6. The quantitative estimate of drug-likeness (QED) is 0.331. The van der Waals surface area contributed by atoms with Crippen LogP contribution in [-0.4, -0.2) is 25.2 Å². The van der Waals surface area contributed by atoms with Gasteiger partial charge in [0.2, 0.25) is 0 Å². The average molecular weight is 448 g/mol. The third-order valence-electron chi connectivity index (χ3n) is 4.72. The molecule has 9 heteroatoms. The average Bonchev–Trinajstić information content (AvgIpc) is 2.84. The van der Waals surface area contributed by atoms with Crippen LogP contribution in [0.5, 0.6) is 23.0 Å². The molecule has 0 aliphatic rings. The highest BCUT2D eigenvalue weighted by atomic mass is 19.1. The molecule has 0 spiro atoms. The first-order valence-electron chi connectivity index (χ1n) is 9.93. The lowest BCUT2D eigenvalue weighted by Crippen LogP contribution is -2.33. The fourth-order valence-electron chi connectivity index (χ4n) is 3.13. The molecule has 0 radical (unpaired) electrons. The number of carbonyl (C=O) groups excluding carboxylic acids is 1. The Balaban J connectivity index is 1.48. The van der Waals surface area contributed by atoms with Crippen molar-refractivity contribution in [2.45, 2.75) is 0 Å². The summed E-state index contributed by atoms with van der Waals surface area (Å²) in [6.07, 6.45) is 1.58. The molecule has 0 saturated heterocycles. The van der Waals surface area contributed by atoms with Crippen molar-refractivity contribution in [2.24, 2.45) is 0 Å². The summed E-state index contributed by atoms with van der Waals surface area (Å²) in [4.78, 5) is 16.4. The van der Waals surface area contributed by atoms with Gasteiger partial charge in [0.15, 0.2) is 11.5 Å². The summed E-state index contributed by atoms with van der Waals surface area (Å²) in [5.74, 6) is 1.12. The molecule has 4 rings (SSSR count). The molecule has 0 aliphatic heterocycles. The second-order valence-corrected chi connectivity index (χ2v) is 6.85. The fourth-order valence-corrected chi connectivity index (χ4v) is 3.13. The maximum atomic E-state index is 14.6. The van der Waals surface area contributed by atoms with Crippen LogP contribution in [0, 0.1) is 5.82 Å². The van der Waals surface area contributed by atoms with Crippen molar-refractivity contribution in [3.05, 3.63) is 78.7 Å². The highest BCUT2D eigenvalue weighted by molar-refractivity contribution is 5.90. The molecule has 8 nitrogen and oxygen atoms in total. The first-order chi connectivity index (χ1) is 16.1. The molecule has 0 bridgehead atoms. The first kappa shape index (κ1) is 21.7. The Bertz CT molecular complexity index is 1280. The minimum absolute atomic E-state index is 0.000652. The van der Waals surface area contributed by atoms with E-state index in [1.807, 2.05) is 18.2 Å². The number of aromatic nitrogens is 1. The van der Waals surface area contributed by atoms with Crippen molar-refractivity contribution in [3.8, 4) is 23.0 Å². The van der Waals surface area contributed by atoms with Gasteiger partial charge in [-0.25, -0.2) is 9.18 Å². The Morgan fingerprint density at radius 1 is 0.909 bits per heavy atom. The van der Waals surface area contributed by atoms with Crippen LogP contribution >= 0.6 is 0 Å². The summed E-state index contributed by atoms with van der Waals surface area (Å²) < 4.78 is 31.2. The maximum absolute atomic E-state index is 14.6. The zero-order chi connectivity index (χ0) is 23.2. The third-order valence-corrected chi connectivity index (χ3v) is 4.72. The van der Waals surface area contributed by atoms with Crippen LogP contribution in [0.15, 0.2) is 72.9 Å². The van der Waals surface area contributed by atoms with Gasteiger partial charge < -0.3 is 19.5 Å². The molecule has 33 heavy (non-hydrogen) atoms. The number of urea groups is 1. The number of hydrazine groups is 1. The van der Waals surface area contributed by atoms with E-state index in [9.17, 15) is 9.18 Å². The number of nitrogens with zero attached hydrogens (tertiary/aromatic N) is 1. The van der Waals surface area contributed by atoms with E-state index in [4.69, 9.17) is 14.2 Å². The van der Waals surface area contributed by atoms with Gasteiger partial charge in [-0.3, -0.25) is 15.8 Å². The van der Waals surface area contributed by atoms with Crippen LogP contribution in [0.25, 0.3) is 10.9 Å². The Hall–Kier alpha value is -4.53. The van der Waals surface area contributed by atoms with E-state index in [2.05, 4.69) is 21.2 Å². The van der Waals surface area contributed by atoms with Gasteiger partial charge in [0.25, 0.3) is 0 Å². The second kappa shape index (κ2) is 9.73. The van der Waals surface area contributed by atoms with Gasteiger partial charge in [-0.05, 0) is 36.4 Å². The number of methoxy groups -OCH3 is 2. The summed E-state index contributed by atoms with van der Waals surface area (Å²) in [6, 6.07) is 17.7. The van der Waals surface area contributed by atoms with Crippen LogP contribution in [-0.2, 0) is 0 Å². The van der Waals surface area contributed by atoms with E-state index in [1.165, 1.54) is 19.2 Å². The molecular weight excluding hydrogens is 427 g/mol. The number of ether oxygens (including phenoxy) is 3. The number of fused-ring (bicyclic) bond motifs is 1. The second-order valence-electron chi connectivity index (χ2n) is 6.85. The van der Waals surface area contributed by atoms with Crippen LogP contribution < -0.4 is 30.4 Å². The van der Waals surface area contributed by atoms with Gasteiger partial charge in [-0.1, -0.05) is 18.2 Å². The van der Waals surface area contributed by atoms with E-state index >= 15 is 0 Å². The van der Waals surface area contributed by atoms with Crippen LogP contribution in [0.2, 0.25) is 0 Å². The number of hydrogen-bond donors (Lipinski definition) is 3. The van der Waals surface area contributed by atoms with Crippen molar-refractivity contribution in [1.82, 2.24) is 10.4 Å². The van der Waals surface area contributed by atoms with Gasteiger partial charge >= 0.3 is 6.03 Å². The van der Waals surface area contributed by atoms with Crippen molar-refractivity contribution < 1.29 is 23.4 Å². The summed E-state index contributed by atoms with van der Waals surface area (Å²) in [5.41, 5.74) is 6.49. The summed E-state index contributed by atoms with van der Waals surface area (Å²) in [6.45, 7) is 0. The first-order valence-corrected chi connectivity index (χ1v) is 9.93. The Kier molecular flexibility index (Phi) is 6.40. The minimum Gasteiger partial charge on any atom is -0.493 e. The smallest absolute Gasteiger partial charge is 0.337 e. The summed E-state index contributed by atoms with van der Waals surface area (Å²) in [7, 11) is 3.08. The van der Waals surface area contributed by atoms with E-state index in [0.29, 0.717) is 33.8 Å². The number of nitrogens with one attached hydrogen (secondary N) is 3. The predicted octanol–water partition coefficient (Wildman–Crippen LogP) is 5.33. The SMILES string of the molecule is COc1cc2nccc(Oc3ccc(NC(=O)NNc4ccccc4)c(F)c3)c2cc1OC. The number of benzene rings is 3. The lowest BCUT2D eigenvalue weighted by atomic mass is 10.2. The van der Waals surface area contributed by atoms with Gasteiger partial charge in [0.05, 0.1) is 31.1 Å². The Morgan fingerprint density at radius 2 is 1.67 bits per heavy atom. The molecule has 0 unspecified atom stereocenters. The van der Waals surface area contributed by atoms with Crippen LogP contribution in [0.4, 0.5) is 20.6 Å². The number of para-hydroxylation sites is 1. The fraction of sp³-hybridized carbons (Fsp3) is 0.0833. The summed E-state index contributed by atoms with van der Waals surface area (Å²) >= 11 is 0. The topological polar surface area (TPSA) is 93.7 Å². The van der Waals surface area contributed by atoms with Crippen LogP contribution in [0.1, 0.15) is 0 Å². The van der Waals surface area contributed by atoms with E-state index < -0.39 is 11.8 Å². The monoisotopic (exact) mass is 448 g/mol. The molecule has 0 saturated carbocycles. The molecule has 1 heterocycles. The van der Waals surface area contributed by atoms with Crippen LogP contribution in [0.3, 0.4) is 0 Å². The highest BCUT2D eigenvalue weighted by Gasteiger charge is 2.13. The van der Waals surface area contributed by atoms with Crippen molar-refractivity contribution in [2.75, 3.05) is 25.0 Å². The molecule has 4 aromatic rings. The van der Waals surface area contributed by atoms with Crippen molar-refractivity contribution in [1.29, 1.82) is 0 Å². The Morgan fingerprint density at radius 3 is 2.39 bits per heavy atom. The highest BCUT2D eigenvalue weighted by Crippen LogP contribution is 2.37. The summed E-state index contributed by atoms with van der Waals surface area (Å²) in [5, 5.41) is 3.12. The van der Waals surface area contributed by atoms with Crippen molar-refractivity contribution in [3.63, 3.8) is 0 Å². The molecule has 2 amide bonds. The van der Waals surface area contributed by atoms with E-state index in [-0.39, 0.29) is 11.4 Å². The van der Waals surface area contributed by atoms with Gasteiger partial charge in [-0.2, -0.15) is 0 Å². The molecular formula is C24H21FN4O4. The predicted molar refractivity (Wildman–Crippen MR) is 124 cm³/mol. The number of carbonyl (C=O) groups is 1. The molecule has 168 valence electrons. The zero-order valence-corrected chi connectivity index (χ0v) is 17.9. The molecule has 3 aromatic carbocycles. The number of anilines is 2. The molecule has 0 aliphatic carbocycles. The molecule has 0 fully saturated rings. The minimum atomic E-state index is -0.653. The van der Waals surface area contributed by atoms with Gasteiger partial charge in [0, 0.05) is 23.7 Å². The lowest BCUT2D eigenvalue weighted by molar-refractivity contribution is 0.253.